The van der Waals surface area contributed by atoms with Crippen molar-refractivity contribution in [2.24, 2.45) is 0 Å². The van der Waals surface area contributed by atoms with Crippen LogP contribution in [0.2, 0.25) is 0 Å². The molecule has 1 atom stereocenters. The third-order valence-electron chi connectivity index (χ3n) is 2.86. The molecule has 0 aromatic heterocycles. The van der Waals surface area contributed by atoms with Crippen molar-refractivity contribution in [1.82, 2.24) is 10.2 Å². The van der Waals surface area contributed by atoms with Crippen LogP contribution >= 0.6 is 0 Å². The summed E-state index contributed by atoms with van der Waals surface area (Å²) < 4.78 is 19.2. The predicted molar refractivity (Wildman–Crippen MR) is 81.8 cm³/mol. The first-order chi connectivity index (χ1) is 9.58. The van der Waals surface area contributed by atoms with E-state index in [0.717, 1.165) is 5.56 Å². The molecule has 0 saturated heterocycles. The van der Waals surface area contributed by atoms with E-state index in [4.69, 9.17) is 4.74 Å². The standard InChI is InChI=1S/C16H25FN2O2/c1-11(15(20)19(5)6)21-14-8-12(7-13(17)9-14)10-18-16(2,3)4/h7-9,11,18H,10H2,1-6H3. The van der Waals surface area contributed by atoms with Gasteiger partial charge in [0.25, 0.3) is 5.91 Å². The topological polar surface area (TPSA) is 41.6 Å². The molecule has 0 aliphatic heterocycles. The van der Waals surface area contributed by atoms with E-state index in [1.54, 1.807) is 27.1 Å². The molecule has 1 aromatic rings. The molecular weight excluding hydrogens is 271 g/mol. The van der Waals surface area contributed by atoms with Crippen molar-refractivity contribution >= 4 is 5.91 Å². The van der Waals surface area contributed by atoms with Crippen LogP contribution < -0.4 is 10.1 Å². The number of likely N-dealkylation sites (N-methyl/N-ethyl adjacent to an activating group) is 1. The average molecular weight is 296 g/mol. The van der Waals surface area contributed by atoms with Crippen molar-refractivity contribution in [3.63, 3.8) is 0 Å². The maximum Gasteiger partial charge on any atom is 0.262 e. The van der Waals surface area contributed by atoms with Crippen LogP contribution in [0.3, 0.4) is 0 Å². The normalized spacial score (nSPS) is 12.9. The molecule has 1 N–H and O–H groups in total. The molecule has 0 saturated carbocycles. The van der Waals surface area contributed by atoms with Crippen molar-refractivity contribution in [3.8, 4) is 5.75 Å². The molecule has 1 aromatic carbocycles. The van der Waals surface area contributed by atoms with Crippen molar-refractivity contribution in [3.05, 3.63) is 29.6 Å². The molecule has 1 unspecified atom stereocenters. The van der Waals surface area contributed by atoms with E-state index in [9.17, 15) is 9.18 Å². The minimum Gasteiger partial charge on any atom is -0.481 e. The number of rotatable bonds is 5. The number of nitrogens with zero attached hydrogens (tertiary/aromatic N) is 1. The highest BCUT2D eigenvalue weighted by Crippen LogP contribution is 2.19. The Bertz CT molecular complexity index is 496. The number of ether oxygens (including phenoxy) is 1. The Morgan fingerprint density at radius 3 is 2.48 bits per heavy atom. The van der Waals surface area contributed by atoms with Crippen LogP contribution in [0.5, 0.6) is 5.75 Å². The van der Waals surface area contributed by atoms with Crippen LogP contribution in [-0.4, -0.2) is 36.5 Å². The van der Waals surface area contributed by atoms with Gasteiger partial charge in [-0.15, -0.1) is 0 Å². The lowest BCUT2D eigenvalue weighted by Crippen LogP contribution is -2.35. The lowest BCUT2D eigenvalue weighted by Gasteiger charge is -2.21. The Hall–Kier alpha value is -1.62. The summed E-state index contributed by atoms with van der Waals surface area (Å²) in [5.41, 5.74) is 0.728. The number of hydrogen-bond donors (Lipinski definition) is 1. The quantitative estimate of drug-likeness (QED) is 0.908. The maximum absolute atomic E-state index is 13.7. The number of halogens is 1. The highest BCUT2D eigenvalue weighted by Gasteiger charge is 2.17. The third-order valence-corrected chi connectivity index (χ3v) is 2.86. The fourth-order valence-electron chi connectivity index (χ4n) is 1.78. The van der Waals surface area contributed by atoms with E-state index >= 15 is 0 Å². The first-order valence-corrected chi connectivity index (χ1v) is 7.01. The van der Waals surface area contributed by atoms with Gasteiger partial charge in [0.05, 0.1) is 0 Å². The Morgan fingerprint density at radius 2 is 1.95 bits per heavy atom. The summed E-state index contributed by atoms with van der Waals surface area (Å²) in [7, 11) is 3.32. The first-order valence-electron chi connectivity index (χ1n) is 7.01. The van der Waals surface area contributed by atoms with Gasteiger partial charge in [0.1, 0.15) is 11.6 Å². The molecular formula is C16H25FN2O2. The summed E-state index contributed by atoms with van der Waals surface area (Å²) >= 11 is 0. The Balaban J connectivity index is 2.80. The number of nitrogens with one attached hydrogen (secondary N) is 1. The number of carbonyl (C=O) groups excluding carboxylic acids is 1. The second-order valence-corrected chi connectivity index (χ2v) is 6.39. The molecule has 0 radical (unpaired) electrons. The molecule has 0 spiro atoms. The van der Waals surface area contributed by atoms with Crippen LogP contribution in [-0.2, 0) is 11.3 Å². The van der Waals surface area contributed by atoms with Crippen LogP contribution in [0.15, 0.2) is 18.2 Å². The number of amides is 1. The van der Waals surface area contributed by atoms with Crippen molar-refractivity contribution in [2.75, 3.05) is 14.1 Å². The SMILES string of the molecule is CC(Oc1cc(F)cc(CNC(C)(C)C)c1)C(=O)N(C)C. The summed E-state index contributed by atoms with van der Waals surface area (Å²) in [6, 6.07) is 4.51. The first kappa shape index (κ1) is 17.4. The molecule has 0 heterocycles. The zero-order valence-electron chi connectivity index (χ0n) is 13.7. The summed E-state index contributed by atoms with van der Waals surface area (Å²) in [6.07, 6.45) is -0.648. The van der Waals surface area contributed by atoms with Gasteiger partial charge in [-0.1, -0.05) is 0 Å². The summed E-state index contributed by atoms with van der Waals surface area (Å²) in [5, 5.41) is 3.29. The van der Waals surface area contributed by atoms with Crippen molar-refractivity contribution in [2.45, 2.75) is 45.9 Å². The van der Waals surface area contributed by atoms with E-state index in [1.165, 1.54) is 17.0 Å². The van der Waals surface area contributed by atoms with Gasteiger partial charge in [-0.05, 0) is 45.4 Å². The minimum absolute atomic E-state index is 0.0540. The Morgan fingerprint density at radius 1 is 1.33 bits per heavy atom. The van der Waals surface area contributed by atoms with Crippen LogP contribution in [0, 0.1) is 5.82 Å². The summed E-state index contributed by atoms with van der Waals surface area (Å²) in [4.78, 5) is 13.2. The Labute approximate surface area is 126 Å². The predicted octanol–water partition coefficient (Wildman–Crippen LogP) is 2.57. The molecule has 0 fully saturated rings. The van der Waals surface area contributed by atoms with Crippen LogP contribution in [0.4, 0.5) is 4.39 Å². The molecule has 118 valence electrons. The van der Waals surface area contributed by atoms with Gasteiger partial charge in [-0.3, -0.25) is 4.79 Å². The molecule has 1 amide bonds. The smallest absolute Gasteiger partial charge is 0.262 e. The van der Waals surface area contributed by atoms with Gasteiger partial charge in [0, 0.05) is 32.2 Å². The highest BCUT2D eigenvalue weighted by molar-refractivity contribution is 5.80. The lowest BCUT2D eigenvalue weighted by atomic mass is 10.1. The number of benzene rings is 1. The Kier molecular flexibility index (Phi) is 5.72. The maximum atomic E-state index is 13.7. The molecule has 5 heteroatoms. The fraction of sp³-hybridized carbons (Fsp3) is 0.562. The van der Waals surface area contributed by atoms with E-state index in [-0.39, 0.29) is 17.3 Å². The second-order valence-electron chi connectivity index (χ2n) is 6.39. The second kappa shape index (κ2) is 6.89. The summed E-state index contributed by atoms with van der Waals surface area (Å²) in [6.45, 7) is 8.32. The molecule has 1 rings (SSSR count). The largest absolute Gasteiger partial charge is 0.481 e. The van der Waals surface area contributed by atoms with Gasteiger partial charge in [0.2, 0.25) is 0 Å². The molecule has 4 nitrogen and oxygen atoms in total. The lowest BCUT2D eigenvalue weighted by molar-refractivity contribution is -0.135. The van der Waals surface area contributed by atoms with Crippen LogP contribution in [0.25, 0.3) is 0 Å². The van der Waals surface area contributed by atoms with E-state index in [1.807, 2.05) is 20.8 Å². The van der Waals surface area contributed by atoms with Crippen LogP contribution in [0.1, 0.15) is 33.3 Å². The minimum atomic E-state index is -0.648. The molecule has 0 aliphatic carbocycles. The van der Waals surface area contributed by atoms with Gasteiger partial charge in [-0.25, -0.2) is 4.39 Å². The van der Waals surface area contributed by atoms with Gasteiger partial charge in [-0.2, -0.15) is 0 Å². The fourth-order valence-corrected chi connectivity index (χ4v) is 1.78. The number of hydrogen-bond acceptors (Lipinski definition) is 3. The molecule has 0 bridgehead atoms. The highest BCUT2D eigenvalue weighted by atomic mass is 19.1. The summed E-state index contributed by atoms with van der Waals surface area (Å²) in [5.74, 6) is -0.167. The van der Waals surface area contributed by atoms with Gasteiger partial charge in [0.15, 0.2) is 6.10 Å². The molecule has 0 aliphatic rings. The monoisotopic (exact) mass is 296 g/mol. The zero-order chi connectivity index (χ0) is 16.2. The van der Waals surface area contributed by atoms with E-state index in [0.29, 0.717) is 12.3 Å². The number of carbonyl (C=O) groups is 1. The van der Waals surface area contributed by atoms with Gasteiger partial charge >= 0.3 is 0 Å². The zero-order valence-corrected chi connectivity index (χ0v) is 13.7. The molecule has 21 heavy (non-hydrogen) atoms. The third kappa shape index (κ3) is 6.12. The van der Waals surface area contributed by atoms with Gasteiger partial charge < -0.3 is 15.0 Å². The average Bonchev–Trinajstić information content (AvgIpc) is 2.33. The van der Waals surface area contributed by atoms with E-state index in [2.05, 4.69) is 5.32 Å². The van der Waals surface area contributed by atoms with E-state index < -0.39 is 6.10 Å². The van der Waals surface area contributed by atoms with Crippen molar-refractivity contribution in [1.29, 1.82) is 0 Å². The van der Waals surface area contributed by atoms with Crippen molar-refractivity contribution < 1.29 is 13.9 Å².